The highest BCUT2D eigenvalue weighted by atomic mass is 16.7. The largest absolute Gasteiger partial charge is 0.465 e. The van der Waals surface area contributed by atoms with Crippen LogP contribution in [0, 0.1) is 27.1 Å². The van der Waals surface area contributed by atoms with Crippen molar-refractivity contribution in [2.24, 2.45) is 27.1 Å². The first kappa shape index (κ1) is 45.8. The second kappa shape index (κ2) is 20.1. The molecule has 0 amide bonds. The van der Waals surface area contributed by atoms with Gasteiger partial charge in [-0.15, -0.1) is 0 Å². The predicted molar refractivity (Wildman–Crippen MR) is 200 cm³/mol. The second-order valence-electron chi connectivity index (χ2n) is 18.1. The second-order valence-corrected chi connectivity index (χ2v) is 18.1. The molecule has 0 N–H and O–H groups in total. The maximum absolute atomic E-state index is 11.1. The highest BCUT2D eigenvalue weighted by Crippen LogP contribution is 2.43. The van der Waals surface area contributed by atoms with E-state index >= 15 is 0 Å². The highest BCUT2D eigenvalue weighted by Gasteiger charge is 2.31. The molecule has 3 nitrogen and oxygen atoms in total. The minimum atomic E-state index is -0.174. The Balaban J connectivity index is 0. The van der Waals surface area contributed by atoms with E-state index in [0.29, 0.717) is 17.4 Å². The predicted octanol–water partition coefficient (Wildman–Crippen LogP) is 13.8. The molecule has 3 heteroatoms. The van der Waals surface area contributed by atoms with Gasteiger partial charge < -0.3 is 9.47 Å². The van der Waals surface area contributed by atoms with Gasteiger partial charge in [0.15, 0.2) is 0 Å². The summed E-state index contributed by atoms with van der Waals surface area (Å²) < 4.78 is 12.8. The van der Waals surface area contributed by atoms with Crippen LogP contribution in [0.25, 0.3) is 0 Å². The summed E-state index contributed by atoms with van der Waals surface area (Å²) in [6.07, 6.45) is 9.45. The van der Waals surface area contributed by atoms with E-state index in [2.05, 4.69) is 107 Å². The fourth-order valence-corrected chi connectivity index (χ4v) is 5.95. The number of ketones is 1. The van der Waals surface area contributed by atoms with Crippen LogP contribution >= 0.6 is 0 Å². The summed E-state index contributed by atoms with van der Waals surface area (Å²) in [6.45, 7) is 41.0. The molecule has 0 radical (unpaired) electrons. The van der Waals surface area contributed by atoms with Crippen molar-refractivity contribution in [2.45, 2.75) is 201 Å². The molecule has 0 spiro atoms. The molecule has 0 heterocycles. The van der Waals surface area contributed by atoms with Gasteiger partial charge in [0.05, 0.1) is 6.10 Å². The van der Waals surface area contributed by atoms with E-state index in [1.807, 2.05) is 41.5 Å². The lowest BCUT2D eigenvalue weighted by Crippen LogP contribution is -2.32. The van der Waals surface area contributed by atoms with E-state index < -0.39 is 0 Å². The molecule has 1 aromatic carbocycles. The van der Waals surface area contributed by atoms with Gasteiger partial charge in [0.2, 0.25) is 6.29 Å². The van der Waals surface area contributed by atoms with Crippen molar-refractivity contribution >= 4 is 5.78 Å². The quantitative estimate of drug-likeness (QED) is 0.254. The molecular weight excluding hydrogens is 552 g/mol. The summed E-state index contributed by atoms with van der Waals surface area (Å²) in [5.74, 6) is 1.73. The fraction of sp³-hybridized carbons (Fsp3) is 0.833. The lowest BCUT2D eigenvalue weighted by molar-refractivity contribution is -0.142. The Morgan fingerprint density at radius 3 is 1.47 bits per heavy atom. The molecule has 0 aliphatic heterocycles. The lowest BCUT2D eigenvalue weighted by atomic mass is 9.69. The standard InChI is InChI=1S/C28H48O2.C10H20O.2C2H6/c1-26(2,3)19-24(28(7,8)9)21-15-17-23(18-16-21)30-25(20-27(4,5)6)29-22-13-11-10-12-14-22;1-8(11)10(5,6)7-9(2,3)4;2*1-2/h15-18,22,24-25H,10-14,19-20H2,1-9H3;7H2,1-6H3;2*1-2H3. The average Bonchev–Trinajstić information content (AvgIpc) is 2.88. The zero-order chi connectivity index (χ0) is 35.9. The molecule has 2 rings (SSSR count). The Hall–Kier alpha value is -1.35. The Labute approximate surface area is 283 Å². The Morgan fingerprint density at radius 1 is 0.689 bits per heavy atom. The molecular formula is C42H80O3. The van der Waals surface area contributed by atoms with Gasteiger partial charge in [-0.1, -0.05) is 156 Å². The van der Waals surface area contributed by atoms with Gasteiger partial charge in [-0.05, 0) is 77.9 Å². The molecule has 2 atom stereocenters. The van der Waals surface area contributed by atoms with Crippen LogP contribution in [-0.2, 0) is 9.53 Å². The number of carbonyl (C=O) groups is 1. The van der Waals surface area contributed by atoms with Crippen LogP contribution in [-0.4, -0.2) is 18.2 Å². The third kappa shape index (κ3) is 22.0. The monoisotopic (exact) mass is 633 g/mol. The Bertz CT molecular complexity index is 892. The minimum absolute atomic E-state index is 0.155. The first-order chi connectivity index (χ1) is 20.4. The van der Waals surface area contributed by atoms with E-state index in [-0.39, 0.29) is 33.7 Å². The Morgan fingerprint density at radius 2 is 1.13 bits per heavy atom. The van der Waals surface area contributed by atoms with Crippen molar-refractivity contribution in [1.29, 1.82) is 0 Å². The molecule has 266 valence electrons. The van der Waals surface area contributed by atoms with E-state index in [9.17, 15) is 4.79 Å². The van der Waals surface area contributed by atoms with E-state index in [1.54, 1.807) is 6.92 Å². The van der Waals surface area contributed by atoms with Gasteiger partial charge in [0.25, 0.3) is 0 Å². The molecule has 0 bridgehead atoms. The number of hydrogen-bond donors (Lipinski definition) is 0. The van der Waals surface area contributed by atoms with Crippen LogP contribution in [0.5, 0.6) is 5.75 Å². The Kier molecular flexibility index (Phi) is 20.5. The van der Waals surface area contributed by atoms with Gasteiger partial charge in [0.1, 0.15) is 11.5 Å². The van der Waals surface area contributed by atoms with Crippen molar-refractivity contribution in [1.82, 2.24) is 0 Å². The number of benzene rings is 1. The highest BCUT2D eigenvalue weighted by molar-refractivity contribution is 5.81. The van der Waals surface area contributed by atoms with Crippen molar-refractivity contribution < 1.29 is 14.3 Å². The van der Waals surface area contributed by atoms with Crippen molar-refractivity contribution in [3.8, 4) is 5.75 Å². The van der Waals surface area contributed by atoms with Crippen molar-refractivity contribution in [2.75, 3.05) is 0 Å². The summed E-state index contributed by atoms with van der Waals surface area (Å²) in [5, 5.41) is 0. The molecule has 45 heavy (non-hydrogen) atoms. The van der Waals surface area contributed by atoms with Crippen LogP contribution in [0.3, 0.4) is 0 Å². The molecule has 2 unspecified atom stereocenters. The number of Topliss-reactive ketones (excluding diaryl/α,β-unsaturated/α-hetero) is 1. The maximum Gasteiger partial charge on any atom is 0.200 e. The summed E-state index contributed by atoms with van der Waals surface area (Å²) in [7, 11) is 0. The molecule has 1 aliphatic carbocycles. The summed E-state index contributed by atoms with van der Waals surface area (Å²) >= 11 is 0. The number of hydrogen-bond acceptors (Lipinski definition) is 3. The number of carbonyl (C=O) groups excluding carboxylic acids is 1. The van der Waals surface area contributed by atoms with Crippen LogP contribution < -0.4 is 4.74 Å². The molecule has 0 saturated heterocycles. The average molecular weight is 633 g/mol. The normalized spacial score (nSPS) is 16.1. The van der Waals surface area contributed by atoms with Gasteiger partial charge in [-0.2, -0.15) is 0 Å². The van der Waals surface area contributed by atoms with Gasteiger partial charge in [0, 0.05) is 11.8 Å². The maximum atomic E-state index is 11.1. The first-order valence-electron chi connectivity index (χ1n) is 18.3. The van der Waals surface area contributed by atoms with Gasteiger partial charge in [-0.25, -0.2) is 0 Å². The SMILES string of the molecule is CC.CC.CC(=O)C(C)(C)CC(C)(C)C.CC(C)(C)CC(Oc1ccc(C(CC(C)(C)C)C(C)(C)C)cc1)OC1CCCCC1. The van der Waals surface area contributed by atoms with Crippen LogP contribution in [0.4, 0.5) is 0 Å². The van der Waals surface area contributed by atoms with E-state index in [0.717, 1.165) is 18.6 Å². The molecule has 1 saturated carbocycles. The molecule has 1 aliphatic rings. The van der Waals surface area contributed by atoms with Gasteiger partial charge >= 0.3 is 0 Å². The molecule has 1 aromatic rings. The van der Waals surface area contributed by atoms with Crippen molar-refractivity contribution in [3.63, 3.8) is 0 Å². The zero-order valence-corrected chi connectivity index (χ0v) is 33.9. The van der Waals surface area contributed by atoms with Crippen LogP contribution in [0.2, 0.25) is 0 Å². The molecule has 1 fully saturated rings. The van der Waals surface area contributed by atoms with E-state index in [1.165, 1.54) is 44.1 Å². The summed E-state index contributed by atoms with van der Waals surface area (Å²) in [5.41, 5.74) is 2.20. The topological polar surface area (TPSA) is 35.5 Å². The third-order valence-electron chi connectivity index (χ3n) is 8.01. The van der Waals surface area contributed by atoms with Gasteiger partial charge in [-0.3, -0.25) is 4.79 Å². The smallest absolute Gasteiger partial charge is 0.200 e. The summed E-state index contributed by atoms with van der Waals surface area (Å²) in [6, 6.07) is 8.84. The number of rotatable bonds is 9. The third-order valence-corrected chi connectivity index (χ3v) is 8.01. The summed E-state index contributed by atoms with van der Waals surface area (Å²) in [4.78, 5) is 11.1. The van der Waals surface area contributed by atoms with Crippen LogP contribution in [0.1, 0.15) is 194 Å². The zero-order valence-electron chi connectivity index (χ0n) is 33.9. The van der Waals surface area contributed by atoms with E-state index in [4.69, 9.17) is 9.47 Å². The first-order valence-corrected chi connectivity index (χ1v) is 18.3. The minimum Gasteiger partial charge on any atom is -0.465 e. The van der Waals surface area contributed by atoms with Crippen molar-refractivity contribution in [3.05, 3.63) is 29.8 Å². The van der Waals surface area contributed by atoms with Crippen LogP contribution in [0.15, 0.2) is 24.3 Å². The fourth-order valence-electron chi connectivity index (χ4n) is 5.95. The number of ether oxygens (including phenoxy) is 2. The lowest BCUT2D eigenvalue weighted by Gasteiger charge is -2.36. The molecule has 0 aromatic heterocycles.